The number of fused-ring (bicyclic) bond motifs is 1. The van der Waals surface area contributed by atoms with Crippen LogP contribution in [0.2, 0.25) is 0 Å². The van der Waals surface area contributed by atoms with E-state index >= 15 is 0 Å². The van der Waals surface area contributed by atoms with Crippen LogP contribution in [0.1, 0.15) is 20.8 Å². The maximum atomic E-state index is 14.7. The van der Waals surface area contributed by atoms with E-state index in [-0.39, 0.29) is 23.5 Å². The molecule has 7 heteroatoms. The van der Waals surface area contributed by atoms with E-state index in [4.69, 9.17) is 9.47 Å². The first-order valence-electron chi connectivity index (χ1n) is 8.79. The molecule has 6 nitrogen and oxygen atoms in total. The van der Waals surface area contributed by atoms with Crippen LogP contribution in [0, 0.1) is 5.82 Å². The van der Waals surface area contributed by atoms with Gasteiger partial charge in [-0.1, -0.05) is 0 Å². The van der Waals surface area contributed by atoms with E-state index in [1.165, 1.54) is 11.4 Å². The van der Waals surface area contributed by atoms with Gasteiger partial charge in [0.05, 0.1) is 18.8 Å². The highest BCUT2D eigenvalue weighted by atomic mass is 19.1. The van der Waals surface area contributed by atoms with Gasteiger partial charge in [0.2, 0.25) is 5.91 Å². The van der Waals surface area contributed by atoms with E-state index in [0.717, 1.165) is 0 Å². The van der Waals surface area contributed by atoms with Gasteiger partial charge in [-0.2, -0.15) is 5.10 Å². The normalized spacial score (nSPS) is 12.0. The van der Waals surface area contributed by atoms with Gasteiger partial charge < -0.3 is 14.8 Å². The number of pyridine rings is 1. The number of nitrogens with one attached hydrogen (secondary N) is 1. The molecule has 0 unspecified atom stereocenters. The monoisotopic (exact) mass is 371 g/mol. The summed E-state index contributed by atoms with van der Waals surface area (Å²) in [4.78, 5) is 11.0. The van der Waals surface area contributed by atoms with E-state index < -0.39 is 0 Å². The fraction of sp³-hybridized carbons (Fsp3) is 0.300. The van der Waals surface area contributed by atoms with Crippen LogP contribution >= 0.6 is 0 Å². The Labute approximate surface area is 156 Å². The van der Waals surface area contributed by atoms with Gasteiger partial charge in [-0.05, 0) is 50.2 Å². The number of nitrogens with zero attached hydrogens (tertiary/aromatic N) is 2. The minimum Gasteiger partial charge on any atom is -0.492 e. The molecule has 0 radical (unpaired) electrons. The van der Waals surface area contributed by atoms with Gasteiger partial charge in [-0.15, -0.1) is 0 Å². The molecule has 3 aromatic rings. The van der Waals surface area contributed by atoms with E-state index in [2.05, 4.69) is 10.4 Å². The molecule has 0 saturated carbocycles. The molecule has 1 aromatic carbocycles. The Morgan fingerprint density at radius 2 is 1.89 bits per heavy atom. The Kier molecular flexibility index (Phi) is 5.59. The fourth-order valence-electron chi connectivity index (χ4n) is 2.76. The highest BCUT2D eigenvalue weighted by Crippen LogP contribution is 2.27. The zero-order valence-corrected chi connectivity index (χ0v) is 15.5. The number of aromatic nitrogens is 2. The average Bonchev–Trinajstić information content (AvgIpc) is 2.96. The van der Waals surface area contributed by atoms with Gasteiger partial charge in [0, 0.05) is 12.5 Å². The first-order valence-corrected chi connectivity index (χ1v) is 8.79. The van der Waals surface area contributed by atoms with Crippen LogP contribution in [0.4, 0.5) is 4.39 Å². The maximum absolute atomic E-state index is 14.7. The third kappa shape index (κ3) is 4.36. The van der Waals surface area contributed by atoms with E-state index in [9.17, 15) is 9.18 Å². The number of halogens is 1. The van der Waals surface area contributed by atoms with Crippen LogP contribution in [0.25, 0.3) is 16.8 Å². The van der Waals surface area contributed by atoms with Crippen LogP contribution in [0.5, 0.6) is 11.5 Å². The number of ether oxygens (including phenoxy) is 2. The lowest BCUT2D eigenvalue weighted by Crippen LogP contribution is -2.35. The van der Waals surface area contributed by atoms with Crippen molar-refractivity contribution in [3.8, 4) is 22.8 Å². The second-order valence-electron chi connectivity index (χ2n) is 6.23. The summed E-state index contributed by atoms with van der Waals surface area (Å²) in [5, 5.41) is 7.08. The number of carbonyl (C=O) groups excluding carboxylic acids is 1. The van der Waals surface area contributed by atoms with Gasteiger partial charge in [-0.25, -0.2) is 8.91 Å². The summed E-state index contributed by atoms with van der Waals surface area (Å²) in [6.45, 7) is 6.09. The number of benzene rings is 1. The summed E-state index contributed by atoms with van der Waals surface area (Å²) in [7, 11) is 0. The standard InChI is InChI=1S/C20H22FN3O3/c1-4-26-17-9-10-18-19(21)20(23-24(18)11-17)15-5-7-16(8-6-15)27-12-13(2)22-14(3)25/h5-11,13H,4,12H2,1-3H3,(H,22,25)/t13-/m0/s1. The van der Waals surface area contributed by atoms with Crippen molar-refractivity contribution in [2.24, 2.45) is 0 Å². The van der Waals surface area contributed by atoms with Crippen LogP contribution in [-0.4, -0.2) is 34.8 Å². The van der Waals surface area contributed by atoms with Gasteiger partial charge in [0.15, 0.2) is 5.82 Å². The van der Waals surface area contributed by atoms with Crippen molar-refractivity contribution >= 4 is 11.4 Å². The number of hydrogen-bond acceptors (Lipinski definition) is 4. The molecule has 0 aliphatic heterocycles. The lowest BCUT2D eigenvalue weighted by Gasteiger charge is -2.13. The smallest absolute Gasteiger partial charge is 0.217 e. The molecule has 2 heterocycles. The molecule has 1 N–H and O–H groups in total. The Morgan fingerprint density at radius 1 is 1.19 bits per heavy atom. The van der Waals surface area contributed by atoms with Crippen molar-refractivity contribution in [1.29, 1.82) is 0 Å². The van der Waals surface area contributed by atoms with Gasteiger partial charge in [0.1, 0.15) is 29.3 Å². The number of hydrogen-bond donors (Lipinski definition) is 1. The SMILES string of the molecule is CCOc1ccc2c(F)c(-c3ccc(OC[C@H](C)NC(C)=O)cc3)nn2c1. The van der Waals surface area contributed by atoms with Crippen LogP contribution in [0.15, 0.2) is 42.6 Å². The summed E-state index contributed by atoms with van der Waals surface area (Å²) >= 11 is 0. The summed E-state index contributed by atoms with van der Waals surface area (Å²) in [6, 6.07) is 10.3. The third-order valence-corrected chi connectivity index (χ3v) is 3.93. The van der Waals surface area contributed by atoms with Gasteiger partial charge in [0.25, 0.3) is 0 Å². The molecule has 0 bridgehead atoms. The molecule has 0 spiro atoms. The van der Waals surface area contributed by atoms with E-state index in [1.54, 1.807) is 42.6 Å². The zero-order chi connectivity index (χ0) is 19.4. The first kappa shape index (κ1) is 18.7. The second kappa shape index (κ2) is 8.07. The minimum absolute atomic E-state index is 0.0994. The third-order valence-electron chi connectivity index (χ3n) is 3.93. The largest absolute Gasteiger partial charge is 0.492 e. The Morgan fingerprint density at radius 3 is 2.56 bits per heavy atom. The van der Waals surface area contributed by atoms with Crippen molar-refractivity contribution in [2.75, 3.05) is 13.2 Å². The van der Waals surface area contributed by atoms with Crippen LogP contribution < -0.4 is 14.8 Å². The Balaban J connectivity index is 1.76. The van der Waals surface area contributed by atoms with Gasteiger partial charge >= 0.3 is 0 Å². The lowest BCUT2D eigenvalue weighted by molar-refractivity contribution is -0.119. The van der Waals surface area contributed by atoms with Gasteiger partial charge in [-0.3, -0.25) is 4.79 Å². The molecular weight excluding hydrogens is 349 g/mol. The maximum Gasteiger partial charge on any atom is 0.217 e. The Bertz CT molecular complexity index is 938. The Hall–Kier alpha value is -3.09. The highest BCUT2D eigenvalue weighted by molar-refractivity contribution is 5.73. The minimum atomic E-state index is -0.383. The molecule has 142 valence electrons. The van der Waals surface area contributed by atoms with Crippen molar-refractivity contribution in [3.63, 3.8) is 0 Å². The summed E-state index contributed by atoms with van der Waals surface area (Å²) < 4.78 is 27.3. The molecule has 0 saturated heterocycles. The molecule has 1 atom stereocenters. The molecular formula is C20H22FN3O3. The number of rotatable bonds is 7. The number of amides is 1. The zero-order valence-electron chi connectivity index (χ0n) is 15.5. The molecule has 27 heavy (non-hydrogen) atoms. The van der Waals surface area contributed by atoms with Crippen LogP contribution in [0.3, 0.4) is 0 Å². The van der Waals surface area contributed by atoms with Crippen molar-refractivity contribution in [1.82, 2.24) is 14.9 Å². The summed E-state index contributed by atoms with van der Waals surface area (Å²) in [5.41, 5.74) is 1.30. The number of carbonyl (C=O) groups is 1. The summed E-state index contributed by atoms with van der Waals surface area (Å²) in [6.07, 6.45) is 1.66. The second-order valence-corrected chi connectivity index (χ2v) is 6.23. The molecule has 3 rings (SSSR count). The average molecular weight is 371 g/mol. The topological polar surface area (TPSA) is 64.9 Å². The van der Waals surface area contributed by atoms with Crippen molar-refractivity contribution in [2.45, 2.75) is 26.8 Å². The van der Waals surface area contributed by atoms with Crippen molar-refractivity contribution in [3.05, 3.63) is 48.4 Å². The molecule has 2 aromatic heterocycles. The van der Waals surface area contributed by atoms with E-state index in [0.29, 0.717) is 35.8 Å². The first-order chi connectivity index (χ1) is 13.0. The molecule has 0 fully saturated rings. The quantitative estimate of drug-likeness (QED) is 0.691. The summed E-state index contributed by atoms with van der Waals surface area (Å²) in [5.74, 6) is 0.789. The predicted octanol–water partition coefficient (Wildman–Crippen LogP) is 3.44. The highest BCUT2D eigenvalue weighted by Gasteiger charge is 2.15. The van der Waals surface area contributed by atoms with E-state index in [1.807, 2.05) is 13.8 Å². The van der Waals surface area contributed by atoms with Crippen molar-refractivity contribution < 1.29 is 18.7 Å². The fourth-order valence-corrected chi connectivity index (χ4v) is 2.76. The predicted molar refractivity (Wildman–Crippen MR) is 101 cm³/mol. The lowest BCUT2D eigenvalue weighted by atomic mass is 10.1. The molecule has 0 aliphatic rings. The van der Waals surface area contributed by atoms with Crippen LogP contribution in [-0.2, 0) is 4.79 Å². The molecule has 1 amide bonds. The molecule has 0 aliphatic carbocycles.